The first-order chi connectivity index (χ1) is 9.06. The number of rotatable bonds is 2. The summed E-state index contributed by atoms with van der Waals surface area (Å²) in [6.07, 6.45) is 5.19. The summed E-state index contributed by atoms with van der Waals surface area (Å²) in [5.41, 5.74) is 2.26. The van der Waals surface area contributed by atoms with E-state index < -0.39 is 7.37 Å². The molecule has 1 aliphatic rings. The van der Waals surface area contributed by atoms with Gasteiger partial charge in [-0.1, -0.05) is 53.7 Å². The van der Waals surface area contributed by atoms with Crippen LogP contribution < -0.4 is 4.52 Å². The molecule has 2 nitrogen and oxygen atoms in total. The van der Waals surface area contributed by atoms with Gasteiger partial charge in [0.2, 0.25) is 0 Å². The molecule has 1 aromatic carbocycles. The first-order valence-electron chi connectivity index (χ1n) is 7.22. The monoisotopic (exact) mass is 292 g/mol. The zero-order valence-electron chi connectivity index (χ0n) is 13.4. The van der Waals surface area contributed by atoms with Gasteiger partial charge in [-0.05, 0) is 30.0 Å². The summed E-state index contributed by atoms with van der Waals surface area (Å²) in [5.74, 6) is 0.778. The molecule has 0 heterocycles. The van der Waals surface area contributed by atoms with Gasteiger partial charge >= 0.3 is 0 Å². The van der Waals surface area contributed by atoms with E-state index in [0.29, 0.717) is 0 Å². The molecule has 2 radical (unpaired) electrons. The van der Waals surface area contributed by atoms with Crippen LogP contribution in [-0.2, 0) is 11.0 Å². The maximum absolute atomic E-state index is 13.6. The summed E-state index contributed by atoms with van der Waals surface area (Å²) in [6, 6.07) is 5.95. The highest BCUT2D eigenvalue weighted by Gasteiger charge is 2.49. The molecule has 0 bridgehead atoms. The van der Waals surface area contributed by atoms with Gasteiger partial charge in [0.05, 0.1) is 0 Å². The largest absolute Gasteiger partial charge is 0.442 e. The first kappa shape index (κ1) is 15.6. The van der Waals surface area contributed by atoms with E-state index in [-0.39, 0.29) is 10.3 Å². The second-order valence-electron chi connectivity index (χ2n) is 7.44. The van der Waals surface area contributed by atoms with Gasteiger partial charge in [-0.15, -0.1) is 0 Å². The smallest absolute Gasteiger partial charge is 0.258 e. The van der Waals surface area contributed by atoms with Gasteiger partial charge in [0.15, 0.2) is 0 Å². The van der Waals surface area contributed by atoms with Crippen molar-refractivity contribution in [1.29, 1.82) is 0 Å². The average Bonchev–Trinajstić information content (AvgIpc) is 2.74. The Labute approximate surface area is 123 Å². The van der Waals surface area contributed by atoms with Gasteiger partial charge in [-0.3, -0.25) is 4.57 Å². The third-order valence-electron chi connectivity index (χ3n) is 3.82. The molecule has 110 valence electrons. The van der Waals surface area contributed by atoms with Gasteiger partial charge in [0.1, 0.15) is 5.75 Å². The van der Waals surface area contributed by atoms with E-state index in [4.69, 9.17) is 4.52 Å². The normalized spacial score (nSPS) is 16.1. The summed E-state index contributed by atoms with van der Waals surface area (Å²) in [7, 11) is -2.87. The summed E-state index contributed by atoms with van der Waals surface area (Å²) >= 11 is 0. The maximum atomic E-state index is 13.6. The Morgan fingerprint density at radius 1 is 1.10 bits per heavy atom. The molecule has 0 amide bonds. The van der Waals surface area contributed by atoms with Crippen LogP contribution in [0.5, 0.6) is 5.75 Å². The number of benzene rings is 1. The van der Waals surface area contributed by atoms with Crippen molar-refractivity contribution >= 4 is 7.37 Å². The minimum absolute atomic E-state index is 0.389. The molecule has 0 N–H and O–H groups in total. The summed E-state index contributed by atoms with van der Waals surface area (Å²) in [5, 5.41) is -0.778. The fourth-order valence-electron chi connectivity index (χ4n) is 2.82. The van der Waals surface area contributed by atoms with Crippen molar-refractivity contribution in [1.82, 2.24) is 0 Å². The third kappa shape index (κ3) is 2.55. The van der Waals surface area contributed by atoms with Gasteiger partial charge in [-0.25, -0.2) is 0 Å². The Morgan fingerprint density at radius 3 is 2.25 bits per heavy atom. The lowest BCUT2D eigenvalue weighted by Gasteiger charge is -2.40. The minimum Gasteiger partial charge on any atom is -0.442 e. The quantitative estimate of drug-likeness (QED) is 0.690. The molecular weight excluding hydrogens is 267 g/mol. The van der Waals surface area contributed by atoms with E-state index in [2.05, 4.69) is 6.42 Å². The average molecular weight is 292 g/mol. The molecule has 1 aromatic rings. The Kier molecular flexibility index (Phi) is 3.84. The highest BCUT2D eigenvalue weighted by atomic mass is 31.2. The molecule has 0 saturated carbocycles. The molecule has 0 unspecified atom stereocenters. The molecule has 0 atom stereocenters. The zero-order chi connectivity index (χ0) is 15.2. The first-order valence-corrected chi connectivity index (χ1v) is 8.84. The van der Waals surface area contributed by atoms with E-state index in [1.54, 1.807) is 0 Å². The van der Waals surface area contributed by atoms with Gasteiger partial charge in [0, 0.05) is 16.7 Å². The second-order valence-corrected chi connectivity index (χ2v) is 11.4. The van der Waals surface area contributed by atoms with E-state index in [9.17, 15) is 4.57 Å². The lowest BCUT2D eigenvalue weighted by atomic mass is 10.1. The van der Waals surface area contributed by atoms with Gasteiger partial charge in [0.25, 0.3) is 7.37 Å². The van der Waals surface area contributed by atoms with Crippen molar-refractivity contribution in [3.63, 3.8) is 0 Å². The Hall–Kier alpha value is -0.750. The van der Waals surface area contributed by atoms with E-state index in [1.165, 1.54) is 0 Å². The van der Waals surface area contributed by atoms with Crippen molar-refractivity contribution < 1.29 is 9.09 Å². The summed E-state index contributed by atoms with van der Waals surface area (Å²) in [4.78, 5) is 0. The van der Waals surface area contributed by atoms with Crippen molar-refractivity contribution in [2.24, 2.45) is 0 Å². The lowest BCUT2D eigenvalue weighted by Crippen LogP contribution is -2.31. The molecule has 1 aliphatic carbocycles. The van der Waals surface area contributed by atoms with Crippen LogP contribution in [0, 0.1) is 6.42 Å². The van der Waals surface area contributed by atoms with Crippen molar-refractivity contribution in [3.05, 3.63) is 35.7 Å². The second kappa shape index (κ2) is 4.91. The standard InChI is InChI=1S/C17H25O2P/c1-16(2,3)20(18,17(4,5)6)19-15-12-8-10-13-9-7-11-14(13)15/h8,10,12H,7,11H2,1-6H3. The van der Waals surface area contributed by atoms with Crippen molar-refractivity contribution in [3.8, 4) is 5.75 Å². The fourth-order valence-corrected chi connectivity index (χ4v) is 5.82. The number of hydrogen-bond donors (Lipinski definition) is 0. The predicted octanol–water partition coefficient (Wildman–Crippen LogP) is 5.32. The van der Waals surface area contributed by atoms with Crippen LogP contribution in [0.4, 0.5) is 0 Å². The zero-order valence-corrected chi connectivity index (χ0v) is 14.3. The molecule has 0 aliphatic heterocycles. The third-order valence-corrected chi connectivity index (χ3v) is 7.80. The molecule has 20 heavy (non-hydrogen) atoms. The predicted molar refractivity (Wildman–Crippen MR) is 84.8 cm³/mol. The van der Waals surface area contributed by atoms with Crippen LogP contribution in [0.15, 0.2) is 18.2 Å². The fraction of sp³-hybridized carbons (Fsp3) is 0.588. The molecule has 0 saturated heterocycles. The Morgan fingerprint density at radius 2 is 1.70 bits per heavy atom. The Bertz CT molecular complexity index is 529. The molecule has 0 aromatic heterocycles. The molecule has 3 heteroatoms. The van der Waals surface area contributed by atoms with Crippen molar-refractivity contribution in [2.75, 3.05) is 0 Å². The van der Waals surface area contributed by atoms with Crippen LogP contribution in [0.1, 0.15) is 59.1 Å². The summed E-state index contributed by atoms with van der Waals surface area (Å²) in [6.45, 7) is 12.0. The SMILES string of the molecule is CC(C)(C)P(=O)(Oc1cccc2c1CC[C]2)C(C)(C)C. The summed E-state index contributed by atoms with van der Waals surface area (Å²) < 4.78 is 19.8. The van der Waals surface area contributed by atoms with Gasteiger partial charge < -0.3 is 4.52 Å². The van der Waals surface area contributed by atoms with E-state index in [0.717, 1.165) is 29.7 Å². The number of hydrogen-bond acceptors (Lipinski definition) is 2. The minimum atomic E-state index is -2.87. The lowest BCUT2D eigenvalue weighted by molar-refractivity contribution is 0.416. The van der Waals surface area contributed by atoms with E-state index >= 15 is 0 Å². The topological polar surface area (TPSA) is 26.3 Å². The molecule has 2 rings (SSSR count). The van der Waals surface area contributed by atoms with Crippen LogP contribution in [0.2, 0.25) is 0 Å². The number of fused-ring (bicyclic) bond motifs is 1. The maximum Gasteiger partial charge on any atom is 0.258 e. The van der Waals surface area contributed by atoms with Gasteiger partial charge in [-0.2, -0.15) is 0 Å². The van der Waals surface area contributed by atoms with Crippen LogP contribution in [0.25, 0.3) is 0 Å². The highest BCUT2D eigenvalue weighted by Crippen LogP contribution is 2.67. The highest BCUT2D eigenvalue weighted by molar-refractivity contribution is 7.62. The van der Waals surface area contributed by atoms with Crippen molar-refractivity contribution in [2.45, 2.75) is 64.7 Å². The molecule has 0 spiro atoms. The molecule has 0 fully saturated rings. The van der Waals surface area contributed by atoms with Crippen LogP contribution >= 0.6 is 7.37 Å². The Balaban J connectivity index is 2.46. The molecular formula is C17H25O2P. The van der Waals surface area contributed by atoms with E-state index in [1.807, 2.05) is 59.7 Å². The van der Waals surface area contributed by atoms with Crippen LogP contribution in [-0.4, -0.2) is 10.3 Å². The van der Waals surface area contributed by atoms with Crippen LogP contribution in [0.3, 0.4) is 0 Å².